The van der Waals surface area contributed by atoms with Crippen LogP contribution in [0.15, 0.2) is 76.4 Å². The Bertz CT molecular complexity index is 1550. The maximum Gasteiger partial charge on any atom is 0.328 e. The molecule has 0 aliphatic rings. The van der Waals surface area contributed by atoms with Crippen molar-refractivity contribution in [3.05, 3.63) is 82.8 Å². The third-order valence-corrected chi connectivity index (χ3v) is 7.32. The van der Waals surface area contributed by atoms with E-state index in [0.29, 0.717) is 16.8 Å². The first-order valence-corrected chi connectivity index (χ1v) is 11.7. The van der Waals surface area contributed by atoms with Gasteiger partial charge in [0.2, 0.25) is 0 Å². The van der Waals surface area contributed by atoms with Crippen LogP contribution in [0.5, 0.6) is 11.5 Å². The summed E-state index contributed by atoms with van der Waals surface area (Å²) in [5.41, 5.74) is 0.907. The smallest absolute Gasteiger partial charge is 0.328 e. The molecule has 0 aliphatic heterocycles. The van der Waals surface area contributed by atoms with Gasteiger partial charge in [0.1, 0.15) is 11.5 Å². The van der Waals surface area contributed by atoms with E-state index in [0.717, 1.165) is 4.31 Å². The molecule has 0 fully saturated rings. The molecule has 0 saturated heterocycles. The van der Waals surface area contributed by atoms with Gasteiger partial charge in [-0.1, -0.05) is 12.1 Å². The van der Waals surface area contributed by atoms with E-state index in [9.17, 15) is 18.0 Å². The monoisotopic (exact) mass is 481 g/mol. The number of methoxy groups -OCH3 is 2. The highest BCUT2D eigenvalue weighted by Gasteiger charge is 2.34. The van der Waals surface area contributed by atoms with Crippen molar-refractivity contribution in [2.75, 3.05) is 18.5 Å². The number of rotatable bonds is 6. The van der Waals surface area contributed by atoms with Gasteiger partial charge in [-0.2, -0.15) is 4.31 Å². The van der Waals surface area contributed by atoms with Crippen LogP contribution in [-0.4, -0.2) is 37.7 Å². The fourth-order valence-electron chi connectivity index (χ4n) is 3.77. The lowest BCUT2D eigenvalue weighted by Crippen LogP contribution is -2.37. The van der Waals surface area contributed by atoms with Gasteiger partial charge in [-0.15, -0.1) is 0 Å². The lowest BCUT2D eigenvalue weighted by molar-refractivity contribution is 0.100. The second-order valence-corrected chi connectivity index (χ2v) is 9.31. The van der Waals surface area contributed by atoms with E-state index in [1.54, 1.807) is 50.5 Å². The molecule has 1 heterocycles. The Hall–Kier alpha value is -4.05. The average molecular weight is 482 g/mol. The summed E-state index contributed by atoms with van der Waals surface area (Å²) in [4.78, 5) is 25.8. The Labute approximate surface area is 196 Å². The second kappa shape index (κ2) is 8.71. The van der Waals surface area contributed by atoms with Crippen molar-refractivity contribution >= 4 is 32.7 Å². The van der Waals surface area contributed by atoms with Crippen LogP contribution < -0.4 is 19.5 Å². The molecule has 0 N–H and O–H groups in total. The van der Waals surface area contributed by atoms with Crippen molar-refractivity contribution in [1.82, 2.24) is 9.13 Å². The minimum absolute atomic E-state index is 0.0811. The van der Waals surface area contributed by atoms with E-state index in [4.69, 9.17) is 9.47 Å². The van der Waals surface area contributed by atoms with E-state index in [-0.39, 0.29) is 27.6 Å². The third-order valence-electron chi connectivity index (χ3n) is 5.61. The molecule has 10 heteroatoms. The predicted molar refractivity (Wildman–Crippen MR) is 128 cm³/mol. The number of anilines is 1. The largest absolute Gasteiger partial charge is 0.497 e. The summed E-state index contributed by atoms with van der Waals surface area (Å²) in [6, 6.07) is 16.8. The van der Waals surface area contributed by atoms with Crippen LogP contribution in [0, 0.1) is 0 Å². The molecule has 3 aromatic carbocycles. The van der Waals surface area contributed by atoms with E-state index in [1.807, 2.05) is 0 Å². The van der Waals surface area contributed by atoms with Crippen molar-refractivity contribution < 1.29 is 22.7 Å². The van der Waals surface area contributed by atoms with Crippen LogP contribution >= 0.6 is 0 Å². The number of carbonyl (C=O) groups is 1. The summed E-state index contributed by atoms with van der Waals surface area (Å²) in [7, 11) is 1.66. The van der Waals surface area contributed by atoms with Crippen LogP contribution in [0.3, 0.4) is 0 Å². The predicted octanol–water partition coefficient (Wildman–Crippen LogP) is 2.93. The zero-order valence-electron chi connectivity index (χ0n) is 19.1. The number of nitrogens with zero attached hydrogens (tertiary/aromatic N) is 3. The van der Waals surface area contributed by atoms with E-state index in [1.165, 1.54) is 53.7 Å². The molecule has 9 nitrogen and oxygen atoms in total. The van der Waals surface area contributed by atoms with Crippen LogP contribution in [0.2, 0.25) is 0 Å². The lowest BCUT2D eigenvalue weighted by Gasteiger charge is -2.24. The molecule has 0 atom stereocenters. The number of aromatic nitrogens is 2. The number of imidazole rings is 1. The first-order valence-electron chi connectivity index (χ1n) is 10.2. The normalized spacial score (nSPS) is 11.4. The number of sulfonamides is 1. The Balaban J connectivity index is 1.93. The number of carbonyl (C=O) groups excluding carboxylic acids is 1. The minimum Gasteiger partial charge on any atom is -0.497 e. The first-order chi connectivity index (χ1) is 16.2. The topological polar surface area (TPSA) is 99.8 Å². The molecule has 4 rings (SSSR count). The summed E-state index contributed by atoms with van der Waals surface area (Å²) in [5.74, 6) is -0.0432. The molecule has 0 aliphatic carbocycles. The van der Waals surface area contributed by atoms with E-state index >= 15 is 0 Å². The van der Waals surface area contributed by atoms with Crippen molar-refractivity contribution in [1.29, 1.82) is 0 Å². The van der Waals surface area contributed by atoms with Gasteiger partial charge in [0, 0.05) is 14.1 Å². The summed E-state index contributed by atoms with van der Waals surface area (Å²) < 4.78 is 41.7. The molecule has 1 amide bonds. The second-order valence-electron chi connectivity index (χ2n) is 7.52. The van der Waals surface area contributed by atoms with Crippen LogP contribution in [0.25, 0.3) is 11.0 Å². The van der Waals surface area contributed by atoms with E-state index in [2.05, 4.69) is 0 Å². The molecular formula is C24H23N3O6S. The quantitative estimate of drug-likeness (QED) is 0.420. The highest BCUT2D eigenvalue weighted by Crippen LogP contribution is 2.31. The van der Waals surface area contributed by atoms with Crippen LogP contribution in [0.1, 0.15) is 10.4 Å². The number of hydrogen-bond donors (Lipinski definition) is 0. The number of amides is 1. The average Bonchev–Trinajstić information content (AvgIpc) is 3.07. The SMILES string of the molecule is COc1ccc(N(C(=O)c2ccccc2OC)S(=O)(=O)c2ccc3c(c2)n(C)c(=O)n3C)cc1. The van der Waals surface area contributed by atoms with Gasteiger partial charge in [0.05, 0.1) is 41.4 Å². The standard InChI is InChI=1S/C24H23N3O6S/c1-25-20-14-13-18(15-21(20)26(2)24(25)29)34(30,31)27(16-9-11-17(32-3)12-10-16)23(28)19-7-5-6-8-22(19)33-4/h5-15H,1-4H3. The number of fused-ring (bicyclic) bond motifs is 1. The number of para-hydroxylation sites is 1. The fraction of sp³-hybridized carbons (Fsp3) is 0.167. The number of hydrogen-bond acceptors (Lipinski definition) is 6. The molecular weight excluding hydrogens is 458 g/mol. The van der Waals surface area contributed by atoms with Gasteiger partial charge in [-0.25, -0.2) is 13.2 Å². The maximum atomic E-state index is 13.9. The Morgan fingerprint density at radius 2 is 1.50 bits per heavy atom. The third kappa shape index (κ3) is 3.71. The molecule has 0 unspecified atom stereocenters. The minimum atomic E-state index is -4.40. The van der Waals surface area contributed by atoms with Gasteiger partial charge >= 0.3 is 5.69 Å². The summed E-state index contributed by atoms with van der Waals surface area (Å²) in [6.07, 6.45) is 0. The van der Waals surface area contributed by atoms with Gasteiger partial charge < -0.3 is 9.47 Å². The number of ether oxygens (including phenoxy) is 2. The molecule has 4 aromatic rings. The van der Waals surface area contributed by atoms with Crippen molar-refractivity contribution in [2.45, 2.75) is 4.90 Å². The lowest BCUT2D eigenvalue weighted by atomic mass is 10.2. The first kappa shape index (κ1) is 23.1. The van der Waals surface area contributed by atoms with Gasteiger partial charge in [0.15, 0.2) is 0 Å². The maximum absolute atomic E-state index is 13.9. The zero-order valence-corrected chi connectivity index (χ0v) is 19.9. The fourth-order valence-corrected chi connectivity index (χ4v) is 5.19. The van der Waals surface area contributed by atoms with Crippen molar-refractivity contribution in [3.8, 4) is 11.5 Å². The summed E-state index contributed by atoms with van der Waals surface area (Å²) >= 11 is 0. The van der Waals surface area contributed by atoms with E-state index < -0.39 is 15.9 Å². The van der Waals surface area contributed by atoms with Crippen molar-refractivity contribution in [2.24, 2.45) is 14.1 Å². The molecule has 176 valence electrons. The van der Waals surface area contributed by atoms with Crippen LogP contribution in [0.4, 0.5) is 5.69 Å². The molecule has 34 heavy (non-hydrogen) atoms. The van der Waals surface area contributed by atoms with Gasteiger partial charge in [0.25, 0.3) is 15.9 Å². The highest BCUT2D eigenvalue weighted by molar-refractivity contribution is 7.93. The Morgan fingerprint density at radius 1 is 0.853 bits per heavy atom. The highest BCUT2D eigenvalue weighted by atomic mass is 32.2. The Morgan fingerprint density at radius 3 is 2.15 bits per heavy atom. The van der Waals surface area contributed by atoms with Crippen LogP contribution in [-0.2, 0) is 24.1 Å². The van der Waals surface area contributed by atoms with Gasteiger partial charge in [-0.3, -0.25) is 13.9 Å². The molecule has 0 radical (unpaired) electrons. The molecule has 0 saturated carbocycles. The molecule has 0 spiro atoms. The zero-order chi connectivity index (χ0) is 24.6. The summed E-state index contributed by atoms with van der Waals surface area (Å²) in [6.45, 7) is 0. The summed E-state index contributed by atoms with van der Waals surface area (Å²) in [5, 5.41) is 0. The van der Waals surface area contributed by atoms with Gasteiger partial charge in [-0.05, 0) is 54.6 Å². The Kier molecular flexibility index (Phi) is 5.92. The molecule has 1 aromatic heterocycles. The van der Waals surface area contributed by atoms with Crippen molar-refractivity contribution in [3.63, 3.8) is 0 Å². The molecule has 0 bridgehead atoms. The number of benzene rings is 3. The number of aryl methyl sites for hydroxylation is 2.